The van der Waals surface area contributed by atoms with E-state index in [1.54, 1.807) is 4.90 Å². The van der Waals surface area contributed by atoms with Crippen LogP contribution in [0.15, 0.2) is 24.3 Å². The lowest BCUT2D eigenvalue weighted by Crippen LogP contribution is -2.47. The molecule has 0 bridgehead atoms. The first kappa shape index (κ1) is 9.71. The van der Waals surface area contributed by atoms with E-state index in [0.29, 0.717) is 0 Å². The van der Waals surface area contributed by atoms with Gasteiger partial charge in [-0.2, -0.15) is 0 Å². The number of carbonyl (C=O) groups is 1. The third-order valence-corrected chi connectivity index (χ3v) is 2.71. The van der Waals surface area contributed by atoms with E-state index in [-0.39, 0.29) is 12.0 Å². The zero-order chi connectivity index (χ0) is 10.8. The van der Waals surface area contributed by atoms with Crippen LogP contribution in [0.1, 0.15) is 12.0 Å². The lowest BCUT2D eigenvalue weighted by molar-refractivity contribution is -0.109. The summed E-state index contributed by atoms with van der Waals surface area (Å²) >= 11 is 0. The van der Waals surface area contributed by atoms with Crippen LogP contribution in [0, 0.1) is 5.41 Å². The van der Waals surface area contributed by atoms with Crippen LogP contribution in [0.3, 0.4) is 0 Å². The van der Waals surface area contributed by atoms with Gasteiger partial charge in [0.2, 0.25) is 0 Å². The van der Waals surface area contributed by atoms with Crippen molar-refractivity contribution in [2.45, 2.75) is 18.9 Å². The molecular weight excluding hydrogens is 190 g/mol. The molecule has 0 spiro atoms. The summed E-state index contributed by atoms with van der Waals surface area (Å²) in [4.78, 5) is 12.5. The van der Waals surface area contributed by atoms with Gasteiger partial charge < -0.3 is 15.4 Å². The minimum atomic E-state index is -0.294. The molecule has 0 aromatic heterocycles. The summed E-state index contributed by atoms with van der Waals surface area (Å²) in [5.74, 6) is -0.0701. The van der Waals surface area contributed by atoms with Gasteiger partial charge in [0.15, 0.2) is 5.96 Å². The van der Waals surface area contributed by atoms with Gasteiger partial charge in [-0.15, -0.1) is 0 Å². The molecule has 1 heterocycles. The van der Waals surface area contributed by atoms with Crippen molar-refractivity contribution in [3.63, 3.8) is 0 Å². The van der Waals surface area contributed by atoms with E-state index in [1.165, 1.54) is 0 Å². The molecule has 78 valence electrons. The first-order valence-corrected chi connectivity index (χ1v) is 4.90. The maximum atomic E-state index is 10.9. The summed E-state index contributed by atoms with van der Waals surface area (Å²) in [6.45, 7) is 0. The smallest absolute Gasteiger partial charge is 0.193 e. The number of para-hydroxylation sites is 1. The highest BCUT2D eigenvalue weighted by Crippen LogP contribution is 2.29. The summed E-state index contributed by atoms with van der Waals surface area (Å²) in [6, 6.07) is 7.45. The molecule has 0 saturated carbocycles. The quantitative estimate of drug-likeness (QED) is 0.404. The summed E-state index contributed by atoms with van der Waals surface area (Å²) in [5.41, 5.74) is 7.53. The number of aryl methyl sites for hydroxylation is 1. The first-order valence-electron chi connectivity index (χ1n) is 4.90. The fourth-order valence-electron chi connectivity index (χ4n) is 2.01. The zero-order valence-electron chi connectivity index (χ0n) is 8.31. The van der Waals surface area contributed by atoms with Crippen LogP contribution in [0.5, 0.6) is 0 Å². The molecule has 4 heteroatoms. The molecule has 1 unspecified atom stereocenters. The molecule has 3 N–H and O–H groups in total. The molecule has 1 atom stereocenters. The molecule has 0 aliphatic carbocycles. The van der Waals surface area contributed by atoms with Crippen molar-refractivity contribution in [3.8, 4) is 0 Å². The predicted octanol–water partition coefficient (Wildman–Crippen LogP) is 0.900. The van der Waals surface area contributed by atoms with Gasteiger partial charge in [0.1, 0.15) is 6.29 Å². The van der Waals surface area contributed by atoms with Gasteiger partial charge in [-0.3, -0.25) is 5.41 Å². The minimum Gasteiger partial charge on any atom is -0.370 e. The molecule has 1 aliphatic rings. The van der Waals surface area contributed by atoms with Crippen molar-refractivity contribution < 1.29 is 4.79 Å². The van der Waals surface area contributed by atoms with Crippen molar-refractivity contribution >= 4 is 17.9 Å². The Morgan fingerprint density at radius 3 is 2.93 bits per heavy atom. The van der Waals surface area contributed by atoms with E-state index >= 15 is 0 Å². The number of carbonyl (C=O) groups excluding carboxylic acids is 1. The highest BCUT2D eigenvalue weighted by molar-refractivity contribution is 5.97. The van der Waals surface area contributed by atoms with Crippen molar-refractivity contribution in [3.05, 3.63) is 29.8 Å². The minimum absolute atomic E-state index is 0.0701. The average Bonchev–Trinajstić information content (AvgIpc) is 2.27. The van der Waals surface area contributed by atoms with E-state index in [0.717, 1.165) is 30.4 Å². The number of aldehydes is 1. The number of nitrogens with two attached hydrogens (primary N) is 1. The molecule has 2 rings (SSSR count). The molecule has 0 saturated heterocycles. The highest BCUT2D eigenvalue weighted by Gasteiger charge is 2.27. The Morgan fingerprint density at radius 2 is 2.27 bits per heavy atom. The van der Waals surface area contributed by atoms with Crippen LogP contribution in [-0.2, 0) is 11.2 Å². The monoisotopic (exact) mass is 203 g/mol. The molecule has 15 heavy (non-hydrogen) atoms. The number of nitrogens with zero attached hydrogens (tertiary/aromatic N) is 1. The Bertz CT molecular complexity index is 403. The molecule has 1 aromatic rings. The van der Waals surface area contributed by atoms with Crippen molar-refractivity contribution in [1.29, 1.82) is 5.41 Å². The third kappa shape index (κ3) is 1.58. The number of guanidine groups is 1. The van der Waals surface area contributed by atoms with Crippen molar-refractivity contribution in [2.75, 3.05) is 4.90 Å². The standard InChI is InChI=1S/C11H13N3O/c12-11(13)14-9(7-15)6-5-8-3-1-2-4-10(8)14/h1-4,7,9H,5-6H2,(H3,12,13). The van der Waals surface area contributed by atoms with Crippen LogP contribution in [0.2, 0.25) is 0 Å². The number of rotatable bonds is 1. The molecule has 0 radical (unpaired) electrons. The summed E-state index contributed by atoms with van der Waals surface area (Å²) in [5, 5.41) is 7.50. The Balaban J connectivity index is 2.47. The largest absolute Gasteiger partial charge is 0.370 e. The maximum Gasteiger partial charge on any atom is 0.193 e. The maximum absolute atomic E-state index is 10.9. The lowest BCUT2D eigenvalue weighted by atomic mass is 9.97. The van der Waals surface area contributed by atoms with Crippen molar-refractivity contribution in [1.82, 2.24) is 0 Å². The normalized spacial score (nSPS) is 19.5. The number of fused-ring (bicyclic) bond motifs is 1. The molecular formula is C11H13N3O. The van der Waals surface area contributed by atoms with E-state index in [1.807, 2.05) is 24.3 Å². The zero-order valence-corrected chi connectivity index (χ0v) is 8.31. The molecule has 0 amide bonds. The van der Waals surface area contributed by atoms with Gasteiger partial charge in [-0.25, -0.2) is 0 Å². The molecule has 4 nitrogen and oxygen atoms in total. The summed E-state index contributed by atoms with van der Waals surface area (Å²) in [7, 11) is 0. The number of anilines is 1. The fourth-order valence-corrected chi connectivity index (χ4v) is 2.01. The van der Waals surface area contributed by atoms with E-state index in [9.17, 15) is 4.79 Å². The first-order chi connectivity index (χ1) is 7.24. The van der Waals surface area contributed by atoms with Gasteiger partial charge in [0.05, 0.1) is 6.04 Å². The summed E-state index contributed by atoms with van der Waals surface area (Å²) < 4.78 is 0. The van der Waals surface area contributed by atoms with Crippen LogP contribution in [0.25, 0.3) is 0 Å². The van der Waals surface area contributed by atoms with Crippen molar-refractivity contribution in [2.24, 2.45) is 5.73 Å². The fraction of sp³-hybridized carbons (Fsp3) is 0.273. The predicted molar refractivity (Wildman–Crippen MR) is 59.0 cm³/mol. The number of hydrogen-bond acceptors (Lipinski definition) is 2. The average molecular weight is 203 g/mol. The van der Waals surface area contributed by atoms with E-state index in [2.05, 4.69) is 0 Å². The SMILES string of the molecule is N=C(N)N1c2ccccc2CCC1C=O. The number of nitrogens with one attached hydrogen (secondary N) is 1. The Hall–Kier alpha value is -1.84. The Morgan fingerprint density at radius 1 is 1.53 bits per heavy atom. The third-order valence-electron chi connectivity index (χ3n) is 2.71. The second kappa shape index (κ2) is 3.73. The van der Waals surface area contributed by atoms with Gasteiger partial charge in [0.25, 0.3) is 0 Å². The Labute approximate surface area is 88.2 Å². The molecule has 0 fully saturated rings. The van der Waals surface area contributed by atoms with Gasteiger partial charge in [-0.1, -0.05) is 18.2 Å². The number of hydrogen-bond donors (Lipinski definition) is 2. The van der Waals surface area contributed by atoms with Crippen LogP contribution >= 0.6 is 0 Å². The molecule has 1 aliphatic heterocycles. The Kier molecular flexibility index (Phi) is 2.41. The van der Waals surface area contributed by atoms with E-state index < -0.39 is 0 Å². The number of benzene rings is 1. The highest BCUT2D eigenvalue weighted by atomic mass is 16.1. The van der Waals surface area contributed by atoms with Crippen LogP contribution in [0.4, 0.5) is 5.69 Å². The molecule has 1 aromatic carbocycles. The van der Waals surface area contributed by atoms with Gasteiger partial charge in [-0.05, 0) is 24.5 Å². The van der Waals surface area contributed by atoms with Gasteiger partial charge in [0, 0.05) is 5.69 Å². The van der Waals surface area contributed by atoms with Crippen LogP contribution < -0.4 is 10.6 Å². The lowest BCUT2D eigenvalue weighted by Gasteiger charge is -2.34. The van der Waals surface area contributed by atoms with Gasteiger partial charge >= 0.3 is 0 Å². The van der Waals surface area contributed by atoms with E-state index in [4.69, 9.17) is 11.1 Å². The second-order valence-electron chi connectivity index (χ2n) is 3.63. The second-order valence-corrected chi connectivity index (χ2v) is 3.63. The summed E-state index contributed by atoms with van der Waals surface area (Å²) in [6.07, 6.45) is 2.45. The topological polar surface area (TPSA) is 70.2 Å². The van der Waals surface area contributed by atoms with Crippen LogP contribution in [-0.4, -0.2) is 18.3 Å².